The number of rotatable bonds is 5. The number of benzene rings is 2. The molecule has 1 amide bonds. The molecule has 0 bridgehead atoms. The van der Waals surface area contributed by atoms with Crippen LogP contribution in [0.2, 0.25) is 0 Å². The van der Waals surface area contributed by atoms with Crippen LogP contribution in [0.25, 0.3) is 11.1 Å². The Kier molecular flexibility index (Phi) is 7.34. The summed E-state index contributed by atoms with van der Waals surface area (Å²) in [6, 6.07) is 5.94. The third kappa shape index (κ3) is 6.06. The fourth-order valence-electron chi connectivity index (χ4n) is 4.03. The maximum absolute atomic E-state index is 14.9. The summed E-state index contributed by atoms with van der Waals surface area (Å²) in [5, 5.41) is 0. The van der Waals surface area contributed by atoms with E-state index < -0.39 is 23.1 Å². The highest BCUT2D eigenvalue weighted by Crippen LogP contribution is 2.32. The molecule has 0 radical (unpaired) electrons. The van der Waals surface area contributed by atoms with Gasteiger partial charge in [0, 0.05) is 37.8 Å². The van der Waals surface area contributed by atoms with Gasteiger partial charge >= 0.3 is 6.09 Å². The summed E-state index contributed by atoms with van der Waals surface area (Å²) in [4.78, 5) is 26.2. The Labute approximate surface area is 192 Å². The Morgan fingerprint density at radius 3 is 2.21 bits per heavy atom. The van der Waals surface area contributed by atoms with Crippen LogP contribution in [0.15, 0.2) is 30.3 Å². The van der Waals surface area contributed by atoms with E-state index in [1.165, 1.54) is 17.0 Å². The smallest absolute Gasteiger partial charge is 0.410 e. The quantitative estimate of drug-likeness (QED) is 0.538. The lowest BCUT2D eigenvalue weighted by molar-refractivity contribution is 0.0186. The van der Waals surface area contributed by atoms with Crippen molar-refractivity contribution in [2.75, 3.05) is 31.6 Å². The number of ether oxygens (including phenoxy) is 1. The van der Waals surface area contributed by atoms with Crippen molar-refractivity contribution in [2.45, 2.75) is 39.2 Å². The normalized spacial score (nSPS) is 14.8. The number of aldehydes is 1. The number of halogens is 3. The minimum Gasteiger partial charge on any atom is -0.444 e. The first-order valence-corrected chi connectivity index (χ1v) is 10.9. The highest BCUT2D eigenvalue weighted by atomic mass is 19.1. The van der Waals surface area contributed by atoms with Crippen LogP contribution in [0.3, 0.4) is 0 Å². The van der Waals surface area contributed by atoms with Crippen molar-refractivity contribution >= 4 is 18.1 Å². The molecular weight excluding hydrogens is 433 g/mol. The molecule has 0 aliphatic carbocycles. The van der Waals surface area contributed by atoms with Crippen molar-refractivity contribution in [3.8, 4) is 11.1 Å². The lowest BCUT2D eigenvalue weighted by atomic mass is 9.96. The van der Waals surface area contributed by atoms with Crippen molar-refractivity contribution in [1.82, 2.24) is 4.90 Å². The van der Waals surface area contributed by atoms with Crippen molar-refractivity contribution in [2.24, 2.45) is 5.92 Å². The van der Waals surface area contributed by atoms with Gasteiger partial charge in [0.15, 0.2) is 0 Å². The number of piperidine rings is 1. The molecule has 0 unspecified atom stereocenters. The van der Waals surface area contributed by atoms with Gasteiger partial charge in [-0.1, -0.05) is 12.1 Å². The largest absolute Gasteiger partial charge is 0.444 e. The van der Waals surface area contributed by atoms with Gasteiger partial charge in [0.2, 0.25) is 0 Å². The van der Waals surface area contributed by atoms with Gasteiger partial charge in [0.25, 0.3) is 0 Å². The van der Waals surface area contributed by atoms with E-state index >= 15 is 0 Å². The van der Waals surface area contributed by atoms with E-state index in [1.54, 1.807) is 11.9 Å². The van der Waals surface area contributed by atoms with Gasteiger partial charge < -0.3 is 14.5 Å². The first-order valence-electron chi connectivity index (χ1n) is 10.9. The average molecular weight is 463 g/mol. The SMILES string of the molecule is CN(CC1CCN(C(=O)OC(C)(C)C)CC1)c1c(F)cc(-c2ccc(C=O)cc2F)cc1F. The summed E-state index contributed by atoms with van der Waals surface area (Å²) in [6.07, 6.45) is 1.54. The average Bonchev–Trinajstić information content (AvgIpc) is 2.72. The monoisotopic (exact) mass is 462 g/mol. The van der Waals surface area contributed by atoms with Crippen molar-refractivity contribution in [3.05, 3.63) is 53.3 Å². The molecule has 1 aliphatic heterocycles. The Hall–Kier alpha value is -3.03. The van der Waals surface area contributed by atoms with Crippen LogP contribution in [0, 0.1) is 23.4 Å². The minimum absolute atomic E-state index is 0.0158. The standard InChI is InChI=1S/C25H29F3N2O3/c1-25(2,3)33-24(32)30-9-7-16(8-10-30)14-29(4)23-21(27)12-18(13-22(23)28)19-6-5-17(15-31)11-20(19)26/h5-6,11-13,15-16H,7-10,14H2,1-4H3. The van der Waals surface area contributed by atoms with Gasteiger partial charge in [0.1, 0.15) is 35.0 Å². The molecule has 2 aromatic carbocycles. The Balaban J connectivity index is 1.67. The van der Waals surface area contributed by atoms with Crippen LogP contribution < -0.4 is 4.90 Å². The van der Waals surface area contributed by atoms with E-state index in [1.807, 2.05) is 20.8 Å². The van der Waals surface area contributed by atoms with E-state index in [0.717, 1.165) is 18.2 Å². The van der Waals surface area contributed by atoms with E-state index in [0.29, 0.717) is 38.8 Å². The topological polar surface area (TPSA) is 49.9 Å². The number of carbonyl (C=O) groups is 2. The number of carbonyl (C=O) groups excluding carboxylic acids is 2. The number of hydrogen-bond donors (Lipinski definition) is 0. The lowest BCUT2D eigenvalue weighted by Gasteiger charge is -2.35. The highest BCUT2D eigenvalue weighted by Gasteiger charge is 2.28. The van der Waals surface area contributed by atoms with Gasteiger partial charge in [0.05, 0.1) is 0 Å². The summed E-state index contributed by atoms with van der Waals surface area (Å²) >= 11 is 0. The minimum atomic E-state index is -0.794. The molecule has 1 aliphatic rings. The van der Waals surface area contributed by atoms with E-state index in [-0.39, 0.29) is 34.4 Å². The zero-order valence-corrected chi connectivity index (χ0v) is 19.3. The predicted molar refractivity (Wildman–Crippen MR) is 121 cm³/mol. The van der Waals surface area contributed by atoms with Crippen LogP contribution in [0.4, 0.5) is 23.7 Å². The van der Waals surface area contributed by atoms with Crippen molar-refractivity contribution in [3.63, 3.8) is 0 Å². The zero-order chi connectivity index (χ0) is 24.3. The maximum atomic E-state index is 14.9. The second-order valence-corrected chi connectivity index (χ2v) is 9.44. The molecule has 0 atom stereocenters. The lowest BCUT2D eigenvalue weighted by Crippen LogP contribution is -2.43. The highest BCUT2D eigenvalue weighted by molar-refractivity contribution is 5.77. The van der Waals surface area contributed by atoms with Gasteiger partial charge in [-0.25, -0.2) is 18.0 Å². The Morgan fingerprint density at radius 1 is 1.09 bits per heavy atom. The number of amides is 1. The van der Waals surface area contributed by atoms with Gasteiger partial charge in [-0.3, -0.25) is 4.79 Å². The third-order valence-electron chi connectivity index (χ3n) is 5.64. The molecule has 5 nitrogen and oxygen atoms in total. The molecule has 8 heteroatoms. The summed E-state index contributed by atoms with van der Waals surface area (Å²) < 4.78 is 49.4. The van der Waals surface area contributed by atoms with E-state index in [2.05, 4.69) is 0 Å². The maximum Gasteiger partial charge on any atom is 0.410 e. The predicted octanol–water partition coefficient (Wildman–Crippen LogP) is 5.67. The number of likely N-dealkylation sites (tertiary alicyclic amines) is 1. The van der Waals surface area contributed by atoms with Gasteiger partial charge in [-0.05, 0) is 63.3 Å². The first kappa shape index (κ1) is 24.6. The van der Waals surface area contributed by atoms with Gasteiger partial charge in [-0.2, -0.15) is 0 Å². The van der Waals surface area contributed by atoms with E-state index in [9.17, 15) is 22.8 Å². The molecule has 1 heterocycles. The van der Waals surface area contributed by atoms with Crippen molar-refractivity contribution < 1.29 is 27.5 Å². The van der Waals surface area contributed by atoms with Crippen molar-refractivity contribution in [1.29, 1.82) is 0 Å². The second-order valence-electron chi connectivity index (χ2n) is 9.44. The molecule has 0 aromatic heterocycles. The summed E-state index contributed by atoms with van der Waals surface area (Å²) in [6.45, 7) is 6.90. The zero-order valence-electron chi connectivity index (χ0n) is 19.3. The molecule has 0 saturated carbocycles. The summed E-state index contributed by atoms with van der Waals surface area (Å²) in [7, 11) is 1.61. The second kappa shape index (κ2) is 9.85. The van der Waals surface area contributed by atoms with Crippen LogP contribution in [-0.2, 0) is 4.74 Å². The molecule has 33 heavy (non-hydrogen) atoms. The molecule has 1 saturated heterocycles. The molecule has 178 valence electrons. The number of nitrogens with zero attached hydrogens (tertiary/aromatic N) is 2. The summed E-state index contributed by atoms with van der Waals surface area (Å²) in [5.41, 5.74) is -0.524. The molecule has 1 fully saturated rings. The van der Waals surface area contributed by atoms with Crippen LogP contribution in [0.1, 0.15) is 44.0 Å². The Bertz CT molecular complexity index is 1010. The summed E-state index contributed by atoms with van der Waals surface area (Å²) in [5.74, 6) is -2.16. The molecule has 3 rings (SSSR count). The van der Waals surface area contributed by atoms with Gasteiger partial charge in [-0.15, -0.1) is 0 Å². The fraction of sp³-hybridized carbons (Fsp3) is 0.440. The van der Waals surface area contributed by atoms with Crippen LogP contribution >= 0.6 is 0 Å². The number of hydrogen-bond acceptors (Lipinski definition) is 4. The van der Waals surface area contributed by atoms with Crippen LogP contribution in [-0.4, -0.2) is 49.6 Å². The van der Waals surface area contributed by atoms with Crippen LogP contribution in [0.5, 0.6) is 0 Å². The fourth-order valence-corrected chi connectivity index (χ4v) is 4.03. The third-order valence-corrected chi connectivity index (χ3v) is 5.64. The first-order chi connectivity index (χ1) is 15.5. The molecule has 2 aromatic rings. The molecule has 0 spiro atoms. The Morgan fingerprint density at radius 2 is 1.70 bits per heavy atom. The van der Waals surface area contributed by atoms with E-state index in [4.69, 9.17) is 4.74 Å². The molecule has 0 N–H and O–H groups in total. The molecular formula is C25H29F3N2O3. The number of anilines is 1.